The fraction of sp³-hybridized carbons (Fsp3) is 0.875. The molecule has 2 rings (SSSR count). The van der Waals surface area contributed by atoms with Gasteiger partial charge in [-0.15, -0.1) is 0 Å². The lowest BCUT2D eigenvalue weighted by Gasteiger charge is -2.32. The van der Waals surface area contributed by atoms with E-state index in [1.807, 2.05) is 4.90 Å². The molecule has 2 aliphatic rings. The van der Waals surface area contributed by atoms with Crippen LogP contribution in [0.2, 0.25) is 0 Å². The summed E-state index contributed by atoms with van der Waals surface area (Å²) >= 11 is 0. The van der Waals surface area contributed by atoms with Crippen LogP contribution in [0.25, 0.3) is 0 Å². The Balaban J connectivity index is 1.99. The van der Waals surface area contributed by atoms with Gasteiger partial charge in [-0.25, -0.2) is 4.79 Å². The van der Waals surface area contributed by atoms with E-state index in [-0.39, 0.29) is 6.03 Å². The Morgan fingerprint density at radius 1 is 1.67 bits per heavy atom. The summed E-state index contributed by atoms with van der Waals surface area (Å²) in [6, 6.07) is 0.464. The quantitative estimate of drug-likeness (QED) is 0.610. The van der Waals surface area contributed by atoms with Crippen LogP contribution in [0.5, 0.6) is 0 Å². The van der Waals surface area contributed by atoms with Crippen LogP contribution in [-0.2, 0) is 4.74 Å². The van der Waals surface area contributed by atoms with Crippen molar-refractivity contribution in [2.75, 3.05) is 20.2 Å². The highest BCUT2D eigenvalue weighted by Gasteiger charge is 2.36. The number of piperidine rings is 1. The lowest BCUT2D eigenvalue weighted by Crippen LogP contribution is -2.43. The molecule has 0 aliphatic carbocycles. The third-order valence-corrected chi connectivity index (χ3v) is 2.75. The van der Waals surface area contributed by atoms with E-state index in [1.165, 1.54) is 0 Å². The third-order valence-electron chi connectivity index (χ3n) is 2.75. The van der Waals surface area contributed by atoms with Crippen LogP contribution < -0.4 is 5.32 Å². The first-order chi connectivity index (χ1) is 5.81. The molecule has 0 spiro atoms. The number of hydrogen-bond donors (Lipinski definition) is 1. The lowest BCUT2D eigenvalue weighted by atomic mass is 10.0. The maximum atomic E-state index is 11.2. The summed E-state index contributed by atoms with van der Waals surface area (Å²) in [5.74, 6) is 0. The number of rotatable bonds is 1. The van der Waals surface area contributed by atoms with E-state index in [9.17, 15) is 4.79 Å². The number of nitrogens with one attached hydrogen (secondary N) is 1. The Morgan fingerprint density at radius 3 is 3.25 bits per heavy atom. The van der Waals surface area contributed by atoms with Crippen LogP contribution in [0.1, 0.15) is 12.8 Å². The summed E-state index contributed by atoms with van der Waals surface area (Å²) in [6.45, 7) is 1.63. The molecule has 4 heteroatoms. The van der Waals surface area contributed by atoms with E-state index in [0.717, 1.165) is 25.9 Å². The van der Waals surface area contributed by atoms with Gasteiger partial charge in [0.1, 0.15) is 0 Å². The minimum atomic E-state index is 0.0922. The van der Waals surface area contributed by atoms with Gasteiger partial charge in [0.25, 0.3) is 0 Å². The monoisotopic (exact) mass is 170 g/mol. The van der Waals surface area contributed by atoms with Gasteiger partial charge in [0.15, 0.2) is 0 Å². The first kappa shape index (κ1) is 7.86. The van der Waals surface area contributed by atoms with E-state index in [0.29, 0.717) is 12.1 Å². The Bertz CT molecular complexity index is 195. The summed E-state index contributed by atoms with van der Waals surface area (Å²) in [7, 11) is 1.74. The maximum absolute atomic E-state index is 11.2. The van der Waals surface area contributed by atoms with Gasteiger partial charge in [-0.2, -0.15) is 0 Å². The van der Waals surface area contributed by atoms with Crippen molar-refractivity contribution in [2.24, 2.45) is 0 Å². The molecule has 2 heterocycles. The SMILES string of the molecule is CO[C@H]1CCN2C(=O)NC[C@H]2C1. The van der Waals surface area contributed by atoms with Gasteiger partial charge in [-0.3, -0.25) is 0 Å². The Hall–Kier alpha value is -0.770. The van der Waals surface area contributed by atoms with Crippen molar-refractivity contribution < 1.29 is 9.53 Å². The summed E-state index contributed by atoms with van der Waals surface area (Å²) < 4.78 is 5.27. The normalized spacial score (nSPS) is 34.8. The van der Waals surface area contributed by atoms with E-state index in [2.05, 4.69) is 5.32 Å². The van der Waals surface area contributed by atoms with Crippen molar-refractivity contribution in [3.63, 3.8) is 0 Å². The number of urea groups is 1. The zero-order chi connectivity index (χ0) is 8.55. The Morgan fingerprint density at radius 2 is 2.50 bits per heavy atom. The highest BCUT2D eigenvalue weighted by molar-refractivity contribution is 5.77. The molecule has 2 aliphatic heterocycles. The van der Waals surface area contributed by atoms with Gasteiger partial charge >= 0.3 is 6.03 Å². The number of methoxy groups -OCH3 is 1. The molecular formula is C8H14N2O2. The molecule has 0 radical (unpaired) electrons. The first-order valence-corrected chi connectivity index (χ1v) is 4.38. The molecule has 1 N–H and O–H groups in total. The zero-order valence-electron chi connectivity index (χ0n) is 7.25. The zero-order valence-corrected chi connectivity index (χ0v) is 7.25. The van der Waals surface area contributed by atoms with Crippen LogP contribution in [-0.4, -0.2) is 43.3 Å². The van der Waals surface area contributed by atoms with Crippen LogP contribution in [0, 0.1) is 0 Å². The van der Waals surface area contributed by atoms with Crippen molar-refractivity contribution in [2.45, 2.75) is 25.0 Å². The second-order valence-corrected chi connectivity index (χ2v) is 3.42. The van der Waals surface area contributed by atoms with Crippen molar-refractivity contribution in [3.8, 4) is 0 Å². The van der Waals surface area contributed by atoms with Gasteiger partial charge in [-0.1, -0.05) is 0 Å². The molecule has 2 fully saturated rings. The second-order valence-electron chi connectivity index (χ2n) is 3.42. The van der Waals surface area contributed by atoms with Crippen LogP contribution in [0.3, 0.4) is 0 Å². The molecule has 0 aromatic heterocycles. The average Bonchev–Trinajstić information content (AvgIpc) is 2.47. The highest BCUT2D eigenvalue weighted by atomic mass is 16.5. The van der Waals surface area contributed by atoms with Crippen molar-refractivity contribution >= 4 is 6.03 Å². The topological polar surface area (TPSA) is 41.6 Å². The number of carbonyl (C=O) groups is 1. The average molecular weight is 170 g/mol. The minimum Gasteiger partial charge on any atom is -0.381 e. The van der Waals surface area contributed by atoms with Crippen molar-refractivity contribution in [1.82, 2.24) is 10.2 Å². The molecule has 0 unspecified atom stereocenters. The number of ether oxygens (including phenoxy) is 1. The van der Waals surface area contributed by atoms with Gasteiger partial charge in [-0.05, 0) is 12.8 Å². The van der Waals surface area contributed by atoms with E-state index in [4.69, 9.17) is 4.74 Å². The van der Waals surface area contributed by atoms with Crippen LogP contribution >= 0.6 is 0 Å². The lowest BCUT2D eigenvalue weighted by molar-refractivity contribution is 0.0365. The molecule has 0 saturated carbocycles. The molecule has 2 amide bonds. The highest BCUT2D eigenvalue weighted by Crippen LogP contribution is 2.22. The number of amides is 2. The van der Waals surface area contributed by atoms with Gasteiger partial charge in [0, 0.05) is 20.2 Å². The number of fused-ring (bicyclic) bond motifs is 1. The molecule has 0 bridgehead atoms. The van der Waals surface area contributed by atoms with Crippen LogP contribution in [0.15, 0.2) is 0 Å². The second kappa shape index (κ2) is 2.94. The minimum absolute atomic E-state index is 0.0922. The standard InChI is InChI=1S/C8H14N2O2/c1-12-7-2-3-10-6(4-7)5-9-8(10)11/h6-7H,2-5H2,1H3,(H,9,11)/t6-,7+/m1/s1. The fourth-order valence-electron chi connectivity index (χ4n) is 2.00. The van der Waals surface area contributed by atoms with Gasteiger partial charge < -0.3 is 15.0 Å². The summed E-state index contributed by atoms with van der Waals surface area (Å²) in [6.07, 6.45) is 2.30. The van der Waals surface area contributed by atoms with E-state index in [1.54, 1.807) is 7.11 Å². The molecule has 0 aromatic rings. The van der Waals surface area contributed by atoms with Crippen molar-refractivity contribution in [3.05, 3.63) is 0 Å². The smallest absolute Gasteiger partial charge is 0.317 e. The van der Waals surface area contributed by atoms with E-state index >= 15 is 0 Å². The summed E-state index contributed by atoms with van der Waals surface area (Å²) in [5.41, 5.74) is 0. The molecule has 0 aromatic carbocycles. The number of carbonyl (C=O) groups excluding carboxylic acids is 1. The van der Waals surface area contributed by atoms with Gasteiger partial charge in [0.2, 0.25) is 0 Å². The number of nitrogens with zero attached hydrogens (tertiary/aromatic N) is 1. The van der Waals surface area contributed by atoms with Crippen LogP contribution in [0.4, 0.5) is 4.79 Å². The molecule has 4 nitrogen and oxygen atoms in total. The van der Waals surface area contributed by atoms with E-state index < -0.39 is 0 Å². The molecule has 68 valence electrons. The molecular weight excluding hydrogens is 156 g/mol. The third kappa shape index (κ3) is 1.16. The largest absolute Gasteiger partial charge is 0.381 e. The predicted octanol–water partition coefficient (Wildman–Crippen LogP) is 0.189. The Kier molecular flexibility index (Phi) is 1.92. The maximum Gasteiger partial charge on any atom is 0.317 e. The number of hydrogen-bond acceptors (Lipinski definition) is 2. The summed E-state index contributed by atoms with van der Waals surface area (Å²) in [5, 5.41) is 2.84. The van der Waals surface area contributed by atoms with Gasteiger partial charge in [0.05, 0.1) is 12.1 Å². The fourth-order valence-corrected chi connectivity index (χ4v) is 2.00. The molecule has 2 atom stereocenters. The molecule has 2 saturated heterocycles. The summed E-state index contributed by atoms with van der Waals surface area (Å²) in [4.78, 5) is 13.1. The first-order valence-electron chi connectivity index (χ1n) is 4.38. The molecule has 12 heavy (non-hydrogen) atoms. The predicted molar refractivity (Wildman–Crippen MR) is 43.9 cm³/mol. The Labute approximate surface area is 71.9 Å². The van der Waals surface area contributed by atoms with Crippen molar-refractivity contribution in [1.29, 1.82) is 0 Å².